The van der Waals surface area contributed by atoms with Crippen LogP contribution in [0.5, 0.6) is 0 Å². The van der Waals surface area contributed by atoms with Gasteiger partial charge < -0.3 is 29.7 Å². The highest BCUT2D eigenvalue weighted by molar-refractivity contribution is 7.91. The lowest BCUT2D eigenvalue weighted by atomic mass is 10.0. The van der Waals surface area contributed by atoms with Gasteiger partial charge in [-0.25, -0.2) is 8.78 Å². The number of hydrogen-bond donors (Lipinski definition) is 2. The Kier molecular flexibility index (Phi) is 11.4. The Bertz CT molecular complexity index is 1810. The van der Waals surface area contributed by atoms with Crippen molar-refractivity contribution in [3.63, 3.8) is 0 Å². The summed E-state index contributed by atoms with van der Waals surface area (Å²) in [6.07, 6.45) is 0.842. The number of anilines is 1. The quantitative estimate of drug-likeness (QED) is 0.205. The summed E-state index contributed by atoms with van der Waals surface area (Å²) >= 11 is 0. The van der Waals surface area contributed by atoms with Gasteiger partial charge in [-0.15, -0.1) is 0 Å². The van der Waals surface area contributed by atoms with Gasteiger partial charge in [0.15, 0.2) is 5.69 Å². The van der Waals surface area contributed by atoms with Crippen LogP contribution in [0.4, 0.5) is 25.0 Å². The van der Waals surface area contributed by atoms with Crippen molar-refractivity contribution in [1.82, 2.24) is 14.2 Å². The molecule has 49 heavy (non-hydrogen) atoms. The number of rotatable bonds is 12. The molecular weight excluding hydrogens is 660 g/mol. The zero-order valence-electron chi connectivity index (χ0n) is 27.6. The summed E-state index contributed by atoms with van der Waals surface area (Å²) in [5.74, 6) is -3.23. The fraction of sp³-hybridized carbons (Fsp3) is 0.382. The number of nitrogens with one attached hydrogen (secondary N) is 2. The predicted octanol–water partition coefficient (Wildman–Crippen LogP) is 4.63. The van der Waals surface area contributed by atoms with Crippen LogP contribution in [-0.2, 0) is 30.7 Å². The van der Waals surface area contributed by atoms with E-state index >= 15 is 0 Å². The third kappa shape index (κ3) is 7.81. The fourth-order valence-corrected chi connectivity index (χ4v) is 7.29. The van der Waals surface area contributed by atoms with Gasteiger partial charge >= 0.3 is 16.1 Å². The molecule has 0 aliphatic carbocycles. The number of quaternary nitrogens is 1. The number of benzene rings is 3. The maximum atomic E-state index is 14.4. The van der Waals surface area contributed by atoms with Gasteiger partial charge in [0.2, 0.25) is 5.84 Å². The van der Waals surface area contributed by atoms with Crippen LogP contribution in [0.15, 0.2) is 70.7 Å². The first-order valence-corrected chi connectivity index (χ1v) is 17.4. The summed E-state index contributed by atoms with van der Waals surface area (Å²) in [6, 6.07) is 13.0. The van der Waals surface area contributed by atoms with E-state index in [1.807, 2.05) is 26.2 Å². The number of hydrogen-bond acceptors (Lipinski definition) is 10. The van der Waals surface area contributed by atoms with E-state index in [9.17, 15) is 26.8 Å². The van der Waals surface area contributed by atoms with Gasteiger partial charge in [-0.1, -0.05) is 18.2 Å². The minimum Gasteiger partial charge on any atom is -0.415 e. The SMILES string of the molecule is CCOCCOC(=O)[N+]1(S(=O)(=O)c2cc(F)cc(F)c2)N=C(NC(=O)c2ccc(CCN(C)C)cc2NC2CCOCC2)c2ccccc21. The number of amidine groups is 1. The van der Waals surface area contributed by atoms with Crippen LogP contribution in [0.25, 0.3) is 0 Å². The van der Waals surface area contributed by atoms with Crippen LogP contribution >= 0.6 is 0 Å². The first kappa shape index (κ1) is 36.0. The lowest BCUT2D eigenvalue weighted by molar-refractivity contribution is 0.0707. The average Bonchev–Trinajstić information content (AvgIpc) is 3.41. The van der Waals surface area contributed by atoms with Crippen molar-refractivity contribution in [2.24, 2.45) is 5.10 Å². The molecule has 2 aliphatic rings. The Morgan fingerprint density at radius 2 is 1.73 bits per heavy atom. The molecule has 262 valence electrons. The molecule has 1 unspecified atom stereocenters. The Morgan fingerprint density at radius 1 is 1.02 bits per heavy atom. The summed E-state index contributed by atoms with van der Waals surface area (Å²) in [7, 11) is -1.16. The molecule has 12 nitrogen and oxygen atoms in total. The molecule has 2 heterocycles. The molecule has 3 aromatic carbocycles. The maximum Gasteiger partial charge on any atom is 0.565 e. The summed E-state index contributed by atoms with van der Waals surface area (Å²) < 4.78 is 71.6. The third-order valence-corrected chi connectivity index (χ3v) is 10.1. The van der Waals surface area contributed by atoms with Crippen molar-refractivity contribution in [2.75, 3.05) is 59.0 Å². The minimum atomic E-state index is -5.11. The minimum absolute atomic E-state index is 0.0424. The van der Waals surface area contributed by atoms with E-state index in [1.54, 1.807) is 19.1 Å². The van der Waals surface area contributed by atoms with E-state index in [1.165, 1.54) is 18.2 Å². The lowest BCUT2D eigenvalue weighted by Gasteiger charge is -2.25. The zero-order valence-corrected chi connectivity index (χ0v) is 28.4. The molecule has 1 fully saturated rings. The van der Waals surface area contributed by atoms with Crippen LogP contribution in [0.2, 0.25) is 0 Å². The third-order valence-electron chi connectivity index (χ3n) is 8.10. The second-order valence-corrected chi connectivity index (χ2v) is 13.8. The summed E-state index contributed by atoms with van der Waals surface area (Å²) in [5, 5.41) is 10.5. The number of likely N-dealkylation sites (N-methyl/N-ethyl adjacent to an activating group) is 1. The molecular formula is C34H40F2N5O7S+. The van der Waals surface area contributed by atoms with Crippen LogP contribution in [0.1, 0.15) is 41.3 Å². The first-order chi connectivity index (χ1) is 23.5. The topological polar surface area (TPSA) is 136 Å². The molecule has 0 aromatic heterocycles. The second kappa shape index (κ2) is 15.5. The molecule has 2 N–H and O–H groups in total. The van der Waals surface area contributed by atoms with E-state index in [0.717, 1.165) is 31.4 Å². The zero-order chi connectivity index (χ0) is 35.2. The van der Waals surface area contributed by atoms with Crippen molar-refractivity contribution in [1.29, 1.82) is 0 Å². The predicted molar refractivity (Wildman–Crippen MR) is 180 cm³/mol. The van der Waals surface area contributed by atoms with Crippen LogP contribution < -0.4 is 14.6 Å². The Balaban J connectivity index is 1.58. The van der Waals surface area contributed by atoms with Crippen molar-refractivity contribution in [2.45, 2.75) is 37.1 Å². The average molecular weight is 701 g/mol. The second-order valence-electron chi connectivity index (χ2n) is 11.9. The Labute approximate surface area is 284 Å². The standard InChI is InChI=1S/C34H39F2N5O7S/c1-4-46-17-18-48-34(43)41(49(44,45)27-21-24(35)20-25(36)22-27)31-8-6-5-7-29(31)32(39-41)38-33(42)28-10-9-23(11-14-40(2)3)19-30(28)37-26-12-15-47-16-13-26/h5-10,19-22,26H,4,11-18H2,1-3H3,(H-,37,38,39,42)/p+1. The molecule has 5 rings (SSSR count). The highest BCUT2D eigenvalue weighted by Gasteiger charge is 2.61. The fourth-order valence-electron chi connectivity index (χ4n) is 5.60. The number of ether oxygens (including phenoxy) is 3. The number of carbonyl (C=O) groups is 2. The molecule has 1 saturated heterocycles. The number of amides is 2. The van der Waals surface area contributed by atoms with Crippen LogP contribution in [-0.4, -0.2) is 90.9 Å². The highest BCUT2D eigenvalue weighted by atomic mass is 32.2. The number of nitrogens with zero attached hydrogens (tertiary/aromatic N) is 3. The van der Waals surface area contributed by atoms with Gasteiger partial charge in [-0.05, 0) is 81.3 Å². The van der Waals surface area contributed by atoms with E-state index in [4.69, 9.17) is 14.2 Å². The van der Waals surface area contributed by atoms with Gasteiger partial charge in [0.25, 0.3) is 5.91 Å². The van der Waals surface area contributed by atoms with E-state index < -0.39 is 42.6 Å². The molecule has 0 bridgehead atoms. The molecule has 0 saturated carbocycles. The van der Waals surface area contributed by atoms with Gasteiger partial charge in [-0.3, -0.25) is 4.79 Å². The van der Waals surface area contributed by atoms with Crippen LogP contribution in [0, 0.1) is 11.6 Å². The van der Waals surface area contributed by atoms with Crippen molar-refractivity contribution in [3.8, 4) is 0 Å². The Hall–Kier alpha value is -4.28. The summed E-state index contributed by atoms with van der Waals surface area (Å²) in [6.45, 7) is 3.63. The first-order valence-electron chi connectivity index (χ1n) is 15.9. The molecule has 1 atom stereocenters. The lowest BCUT2D eigenvalue weighted by Crippen LogP contribution is -2.53. The summed E-state index contributed by atoms with van der Waals surface area (Å²) in [5.41, 5.74) is 1.73. The van der Waals surface area contributed by atoms with Crippen LogP contribution in [0.3, 0.4) is 0 Å². The maximum absolute atomic E-state index is 14.4. The number of sulfonamides is 1. The number of para-hydroxylation sites is 1. The smallest absolute Gasteiger partial charge is 0.415 e. The van der Waals surface area contributed by atoms with Gasteiger partial charge in [0.1, 0.15) is 23.1 Å². The van der Waals surface area contributed by atoms with Crippen molar-refractivity contribution in [3.05, 3.63) is 89.0 Å². The van der Waals surface area contributed by atoms with Crippen molar-refractivity contribution < 1.29 is 41.0 Å². The number of carbonyl (C=O) groups excluding carboxylic acids is 2. The van der Waals surface area contributed by atoms with Gasteiger partial charge in [-0.2, -0.15) is 13.2 Å². The molecule has 15 heteroatoms. The Morgan fingerprint density at radius 3 is 2.43 bits per heavy atom. The van der Waals surface area contributed by atoms with Gasteiger partial charge in [0, 0.05) is 54.2 Å². The number of halogens is 2. The molecule has 0 radical (unpaired) electrons. The van der Waals surface area contributed by atoms with E-state index in [2.05, 4.69) is 20.6 Å². The highest BCUT2D eigenvalue weighted by Crippen LogP contribution is 2.42. The molecule has 2 amide bonds. The largest absolute Gasteiger partial charge is 0.565 e. The van der Waals surface area contributed by atoms with Gasteiger partial charge in [0.05, 0.1) is 17.7 Å². The normalized spacial score (nSPS) is 17.8. The molecule has 2 aliphatic heterocycles. The van der Waals surface area contributed by atoms with E-state index in [-0.39, 0.29) is 41.9 Å². The summed E-state index contributed by atoms with van der Waals surface area (Å²) in [4.78, 5) is 29.1. The van der Waals surface area contributed by atoms with E-state index in [0.29, 0.717) is 43.7 Å². The molecule has 0 spiro atoms. The molecule has 3 aromatic rings. The van der Waals surface area contributed by atoms with Crippen molar-refractivity contribution >= 4 is 39.2 Å². The number of fused-ring (bicyclic) bond motifs is 1. The monoisotopic (exact) mass is 700 g/mol.